The monoisotopic (exact) mass is 247 g/mol. The number of H-pyrrole nitrogens is 1. The maximum atomic E-state index is 11.4. The number of esters is 1. The van der Waals surface area contributed by atoms with Crippen molar-refractivity contribution >= 4 is 16.9 Å². The van der Waals surface area contributed by atoms with Gasteiger partial charge in [0.2, 0.25) is 0 Å². The van der Waals surface area contributed by atoms with Gasteiger partial charge in [0.1, 0.15) is 11.4 Å². The van der Waals surface area contributed by atoms with Gasteiger partial charge in [-0.15, -0.1) is 0 Å². The van der Waals surface area contributed by atoms with E-state index in [1.54, 1.807) is 6.07 Å². The van der Waals surface area contributed by atoms with E-state index in [1.807, 2.05) is 18.2 Å². The Kier molecular flexibility index (Phi) is 3.87. The molecule has 1 N–H and O–H groups in total. The van der Waals surface area contributed by atoms with Crippen LogP contribution >= 0.6 is 0 Å². The smallest absolute Gasteiger partial charge is 0.354 e. The van der Waals surface area contributed by atoms with Gasteiger partial charge in [0.15, 0.2) is 0 Å². The Hall–Kier alpha value is -1.97. The topological polar surface area (TPSA) is 51.3 Å². The summed E-state index contributed by atoms with van der Waals surface area (Å²) in [6.45, 7) is 2.84. The molecule has 18 heavy (non-hydrogen) atoms. The molecule has 0 atom stereocenters. The molecule has 0 saturated carbocycles. The molecule has 0 radical (unpaired) electrons. The number of aromatic amines is 1. The summed E-state index contributed by atoms with van der Waals surface area (Å²) < 4.78 is 10.3. The van der Waals surface area contributed by atoms with Crippen molar-refractivity contribution < 1.29 is 14.3 Å². The first-order valence-corrected chi connectivity index (χ1v) is 6.08. The number of hydrogen-bond donors (Lipinski definition) is 1. The van der Waals surface area contributed by atoms with Crippen LogP contribution in [0.5, 0.6) is 5.75 Å². The number of ether oxygens (including phenoxy) is 2. The molecule has 0 bridgehead atoms. The molecule has 4 heteroatoms. The lowest BCUT2D eigenvalue weighted by Gasteiger charge is -2.04. The maximum absolute atomic E-state index is 11.4. The predicted octanol–water partition coefficient (Wildman–Crippen LogP) is 3.13. The van der Waals surface area contributed by atoms with E-state index in [-0.39, 0.29) is 5.97 Å². The zero-order valence-corrected chi connectivity index (χ0v) is 10.7. The third kappa shape index (κ3) is 2.64. The lowest BCUT2D eigenvalue weighted by molar-refractivity contribution is 0.0595. The van der Waals surface area contributed by atoms with E-state index in [4.69, 9.17) is 4.74 Å². The average molecular weight is 247 g/mol. The molecule has 0 fully saturated rings. The second-order valence-corrected chi connectivity index (χ2v) is 4.13. The number of hydrogen-bond acceptors (Lipinski definition) is 3. The molecule has 2 rings (SSSR count). The molecule has 96 valence electrons. The summed E-state index contributed by atoms with van der Waals surface area (Å²) in [5, 5.41) is 0.971. The minimum Gasteiger partial charge on any atom is -0.494 e. The second kappa shape index (κ2) is 5.58. The molecular formula is C14H17NO3. The van der Waals surface area contributed by atoms with Gasteiger partial charge in [0.25, 0.3) is 0 Å². The van der Waals surface area contributed by atoms with Crippen LogP contribution in [0.15, 0.2) is 24.3 Å². The van der Waals surface area contributed by atoms with E-state index < -0.39 is 0 Å². The van der Waals surface area contributed by atoms with Gasteiger partial charge in [-0.25, -0.2) is 4.79 Å². The predicted molar refractivity (Wildman–Crippen MR) is 70.0 cm³/mol. The Morgan fingerprint density at radius 2 is 2.17 bits per heavy atom. The number of carbonyl (C=O) groups excluding carboxylic acids is 1. The molecule has 0 saturated heterocycles. The van der Waals surface area contributed by atoms with Crippen molar-refractivity contribution in [3.8, 4) is 5.75 Å². The van der Waals surface area contributed by atoms with Crippen molar-refractivity contribution in [1.82, 2.24) is 4.98 Å². The van der Waals surface area contributed by atoms with Gasteiger partial charge < -0.3 is 14.5 Å². The summed E-state index contributed by atoms with van der Waals surface area (Å²) in [6, 6.07) is 7.51. The minimum atomic E-state index is -0.361. The molecule has 0 aliphatic heterocycles. The Labute approximate surface area is 106 Å². The van der Waals surface area contributed by atoms with Gasteiger partial charge in [0, 0.05) is 17.0 Å². The van der Waals surface area contributed by atoms with Gasteiger partial charge >= 0.3 is 5.97 Å². The second-order valence-electron chi connectivity index (χ2n) is 4.13. The van der Waals surface area contributed by atoms with Crippen LogP contribution in [0.4, 0.5) is 0 Å². The summed E-state index contributed by atoms with van der Waals surface area (Å²) in [4.78, 5) is 14.4. The van der Waals surface area contributed by atoms with E-state index in [0.717, 1.165) is 29.5 Å². The van der Waals surface area contributed by atoms with Crippen molar-refractivity contribution in [3.63, 3.8) is 0 Å². The summed E-state index contributed by atoms with van der Waals surface area (Å²) in [7, 11) is 1.37. The number of methoxy groups -OCH3 is 1. The third-order valence-corrected chi connectivity index (χ3v) is 2.77. The molecule has 0 amide bonds. The first-order valence-electron chi connectivity index (χ1n) is 6.08. The first-order chi connectivity index (χ1) is 8.74. The molecule has 0 spiro atoms. The first kappa shape index (κ1) is 12.5. The molecule has 0 aliphatic carbocycles. The summed E-state index contributed by atoms with van der Waals surface area (Å²) >= 11 is 0. The Morgan fingerprint density at radius 1 is 1.33 bits per heavy atom. The molecule has 0 unspecified atom stereocenters. The highest BCUT2D eigenvalue weighted by Crippen LogP contribution is 2.22. The zero-order chi connectivity index (χ0) is 13.0. The van der Waals surface area contributed by atoms with Gasteiger partial charge in [0.05, 0.1) is 13.7 Å². The summed E-state index contributed by atoms with van der Waals surface area (Å²) in [5.74, 6) is 0.453. The number of carbonyl (C=O) groups is 1. The standard InChI is InChI=1S/C14H17NO3/c1-3-4-7-18-11-6-5-10-8-13(14(16)17-2)15-12(10)9-11/h5-6,8-9,15H,3-4,7H2,1-2H3. The van der Waals surface area contributed by atoms with Crippen LogP contribution in [-0.4, -0.2) is 24.7 Å². The summed E-state index contributed by atoms with van der Waals surface area (Å²) in [5.41, 5.74) is 1.34. The minimum absolute atomic E-state index is 0.361. The van der Waals surface area contributed by atoms with Crippen molar-refractivity contribution in [2.75, 3.05) is 13.7 Å². The number of unbranched alkanes of at least 4 members (excludes halogenated alkanes) is 1. The fraction of sp³-hybridized carbons (Fsp3) is 0.357. The average Bonchev–Trinajstić information content (AvgIpc) is 2.81. The van der Waals surface area contributed by atoms with Crippen molar-refractivity contribution in [1.29, 1.82) is 0 Å². The number of benzene rings is 1. The van der Waals surface area contributed by atoms with E-state index >= 15 is 0 Å². The Morgan fingerprint density at radius 3 is 2.89 bits per heavy atom. The van der Waals surface area contributed by atoms with Crippen LogP contribution in [0.3, 0.4) is 0 Å². The van der Waals surface area contributed by atoms with Crippen LogP contribution in [0.1, 0.15) is 30.3 Å². The third-order valence-electron chi connectivity index (χ3n) is 2.77. The molecule has 1 aromatic carbocycles. The number of rotatable bonds is 5. The van der Waals surface area contributed by atoms with Crippen molar-refractivity contribution in [2.45, 2.75) is 19.8 Å². The van der Waals surface area contributed by atoms with E-state index in [9.17, 15) is 4.79 Å². The highest BCUT2D eigenvalue weighted by molar-refractivity contribution is 5.95. The van der Waals surface area contributed by atoms with Crippen LogP contribution in [-0.2, 0) is 4.74 Å². The summed E-state index contributed by atoms with van der Waals surface area (Å²) in [6.07, 6.45) is 2.15. The van der Waals surface area contributed by atoms with Crippen molar-refractivity contribution in [2.24, 2.45) is 0 Å². The highest BCUT2D eigenvalue weighted by atomic mass is 16.5. The van der Waals surface area contributed by atoms with Crippen LogP contribution in [0.2, 0.25) is 0 Å². The van der Waals surface area contributed by atoms with Gasteiger partial charge in [-0.3, -0.25) is 0 Å². The lowest BCUT2D eigenvalue weighted by atomic mass is 10.2. The normalized spacial score (nSPS) is 10.6. The largest absolute Gasteiger partial charge is 0.494 e. The number of nitrogens with one attached hydrogen (secondary N) is 1. The fourth-order valence-electron chi connectivity index (χ4n) is 1.75. The lowest BCUT2D eigenvalue weighted by Crippen LogP contribution is -2.00. The van der Waals surface area contributed by atoms with E-state index in [0.29, 0.717) is 12.3 Å². The van der Waals surface area contributed by atoms with E-state index in [1.165, 1.54) is 7.11 Å². The van der Waals surface area contributed by atoms with Gasteiger partial charge in [-0.2, -0.15) is 0 Å². The van der Waals surface area contributed by atoms with E-state index in [2.05, 4.69) is 16.6 Å². The Bertz CT molecular complexity index is 545. The highest BCUT2D eigenvalue weighted by Gasteiger charge is 2.09. The van der Waals surface area contributed by atoms with Crippen LogP contribution < -0.4 is 4.74 Å². The van der Waals surface area contributed by atoms with Crippen LogP contribution in [0, 0.1) is 0 Å². The Balaban J connectivity index is 2.20. The maximum Gasteiger partial charge on any atom is 0.354 e. The molecular weight excluding hydrogens is 230 g/mol. The number of fused-ring (bicyclic) bond motifs is 1. The van der Waals surface area contributed by atoms with Crippen LogP contribution in [0.25, 0.3) is 10.9 Å². The number of aromatic nitrogens is 1. The van der Waals surface area contributed by atoms with Gasteiger partial charge in [-0.05, 0) is 24.6 Å². The molecule has 0 aliphatic rings. The zero-order valence-electron chi connectivity index (χ0n) is 10.7. The molecule has 2 aromatic rings. The SMILES string of the molecule is CCCCOc1ccc2cc(C(=O)OC)[nH]c2c1. The fourth-order valence-corrected chi connectivity index (χ4v) is 1.75. The van der Waals surface area contributed by atoms with Crippen molar-refractivity contribution in [3.05, 3.63) is 30.0 Å². The molecule has 4 nitrogen and oxygen atoms in total. The van der Waals surface area contributed by atoms with Gasteiger partial charge in [-0.1, -0.05) is 13.3 Å². The quantitative estimate of drug-likeness (QED) is 0.652. The molecule has 1 heterocycles. The molecule has 1 aromatic heterocycles.